The Bertz CT molecular complexity index is 387. The fraction of sp³-hybridized carbons (Fsp3) is 0.833. The lowest BCUT2D eigenvalue weighted by molar-refractivity contribution is -0.106. The molecule has 3 aliphatic rings. The molecule has 2 saturated carbocycles. The molecule has 3 heteroatoms. The van der Waals surface area contributed by atoms with Crippen LogP contribution in [0.5, 0.6) is 0 Å². The molecule has 21 heavy (non-hydrogen) atoms. The van der Waals surface area contributed by atoms with Crippen molar-refractivity contribution in [3.63, 3.8) is 0 Å². The molecule has 2 aliphatic carbocycles. The minimum atomic E-state index is 0.230. The number of carbonyl (C=O) groups excluding carboxylic acids is 1. The zero-order valence-electron chi connectivity index (χ0n) is 13.2. The van der Waals surface area contributed by atoms with Crippen molar-refractivity contribution >= 4 is 6.29 Å². The van der Waals surface area contributed by atoms with Gasteiger partial charge in [-0.25, -0.2) is 0 Å². The van der Waals surface area contributed by atoms with Crippen LogP contribution in [0.25, 0.3) is 0 Å². The van der Waals surface area contributed by atoms with Crippen molar-refractivity contribution in [1.82, 2.24) is 5.32 Å². The molecule has 4 atom stereocenters. The topological polar surface area (TPSA) is 38.3 Å². The van der Waals surface area contributed by atoms with Crippen molar-refractivity contribution in [2.75, 3.05) is 6.61 Å². The van der Waals surface area contributed by atoms with E-state index in [4.69, 9.17) is 4.74 Å². The highest BCUT2D eigenvalue weighted by Crippen LogP contribution is 2.37. The predicted molar refractivity (Wildman–Crippen MR) is 83.9 cm³/mol. The summed E-state index contributed by atoms with van der Waals surface area (Å²) in [5.74, 6) is 1.74. The van der Waals surface area contributed by atoms with Crippen LogP contribution in [0, 0.1) is 17.8 Å². The molecule has 1 heterocycles. The maximum Gasteiger partial charge on any atom is 0.147 e. The highest BCUT2D eigenvalue weighted by Gasteiger charge is 2.39. The van der Waals surface area contributed by atoms with E-state index >= 15 is 0 Å². The SMILES string of the molecule is CC1CCC(OCC2CCCCC2)C2C(C=O)=CNC2C1. The second-order valence-corrected chi connectivity index (χ2v) is 7.36. The normalized spacial score (nSPS) is 37.3. The number of ether oxygens (including phenoxy) is 1. The molecule has 0 saturated heterocycles. The number of fused-ring (bicyclic) bond motifs is 1. The Balaban J connectivity index is 1.63. The van der Waals surface area contributed by atoms with Gasteiger partial charge in [0.1, 0.15) is 6.29 Å². The van der Waals surface area contributed by atoms with Crippen molar-refractivity contribution in [3.05, 3.63) is 11.8 Å². The molecule has 3 nitrogen and oxygen atoms in total. The second kappa shape index (κ2) is 6.95. The minimum absolute atomic E-state index is 0.230. The minimum Gasteiger partial charge on any atom is -0.387 e. The van der Waals surface area contributed by atoms with Crippen LogP contribution in [0.2, 0.25) is 0 Å². The third-order valence-electron chi connectivity index (χ3n) is 5.69. The maximum absolute atomic E-state index is 11.3. The van der Waals surface area contributed by atoms with Crippen molar-refractivity contribution in [2.24, 2.45) is 17.8 Å². The average Bonchev–Trinajstić information content (AvgIpc) is 2.84. The molecule has 1 aliphatic heterocycles. The standard InChI is InChI=1S/C18H29NO2/c1-13-7-8-17(21-12-14-5-3-2-4-6-14)18-15(11-20)10-19-16(18)9-13/h10-11,13-14,16-19H,2-9,12H2,1H3. The van der Waals surface area contributed by atoms with Crippen LogP contribution < -0.4 is 5.32 Å². The Kier molecular flexibility index (Phi) is 4.99. The summed E-state index contributed by atoms with van der Waals surface area (Å²) < 4.78 is 6.36. The zero-order chi connectivity index (χ0) is 14.7. The quantitative estimate of drug-likeness (QED) is 0.806. The summed E-state index contributed by atoms with van der Waals surface area (Å²) in [5.41, 5.74) is 0.919. The Morgan fingerprint density at radius 1 is 1.24 bits per heavy atom. The Morgan fingerprint density at radius 3 is 2.81 bits per heavy atom. The predicted octanol–water partition coefficient (Wildman–Crippen LogP) is 3.44. The van der Waals surface area contributed by atoms with Crippen LogP contribution in [0.1, 0.15) is 58.3 Å². The lowest BCUT2D eigenvalue weighted by Crippen LogP contribution is -2.37. The lowest BCUT2D eigenvalue weighted by Gasteiger charge is -2.30. The van der Waals surface area contributed by atoms with E-state index in [0.717, 1.165) is 37.2 Å². The summed E-state index contributed by atoms with van der Waals surface area (Å²) in [7, 11) is 0. The molecule has 0 aromatic rings. The Morgan fingerprint density at radius 2 is 2.05 bits per heavy atom. The summed E-state index contributed by atoms with van der Waals surface area (Å²) >= 11 is 0. The van der Waals surface area contributed by atoms with Gasteiger partial charge in [0.25, 0.3) is 0 Å². The molecule has 1 N–H and O–H groups in total. The molecular weight excluding hydrogens is 262 g/mol. The number of aldehydes is 1. The summed E-state index contributed by atoms with van der Waals surface area (Å²) in [5, 5.41) is 3.42. The molecular formula is C18H29NO2. The van der Waals surface area contributed by atoms with Gasteiger partial charge in [-0.1, -0.05) is 26.2 Å². The first-order valence-electron chi connectivity index (χ1n) is 8.81. The number of nitrogens with one attached hydrogen (secondary N) is 1. The number of hydrogen-bond donors (Lipinski definition) is 1. The van der Waals surface area contributed by atoms with Crippen LogP contribution in [0.15, 0.2) is 11.8 Å². The summed E-state index contributed by atoms with van der Waals surface area (Å²) in [6.45, 7) is 3.22. The van der Waals surface area contributed by atoms with E-state index in [2.05, 4.69) is 12.2 Å². The number of hydrogen-bond acceptors (Lipinski definition) is 3. The van der Waals surface area contributed by atoms with Gasteiger partial charge in [0.2, 0.25) is 0 Å². The molecule has 3 rings (SSSR count). The first kappa shape index (κ1) is 15.1. The van der Waals surface area contributed by atoms with Crippen LogP contribution in [-0.2, 0) is 9.53 Å². The fourth-order valence-electron chi connectivity index (χ4n) is 4.42. The van der Waals surface area contributed by atoms with Crippen molar-refractivity contribution in [2.45, 2.75) is 70.4 Å². The molecule has 0 aromatic carbocycles. The number of carbonyl (C=O) groups is 1. The van der Waals surface area contributed by atoms with E-state index in [1.165, 1.54) is 38.5 Å². The molecule has 0 spiro atoms. The maximum atomic E-state index is 11.3. The highest BCUT2D eigenvalue weighted by atomic mass is 16.5. The van der Waals surface area contributed by atoms with Crippen LogP contribution in [-0.4, -0.2) is 25.0 Å². The van der Waals surface area contributed by atoms with E-state index < -0.39 is 0 Å². The average molecular weight is 291 g/mol. The monoisotopic (exact) mass is 291 g/mol. The van der Waals surface area contributed by atoms with Gasteiger partial charge in [-0.3, -0.25) is 4.79 Å². The molecule has 4 unspecified atom stereocenters. The van der Waals surface area contributed by atoms with Gasteiger partial charge in [-0.05, 0) is 43.9 Å². The Hall–Kier alpha value is -0.830. The van der Waals surface area contributed by atoms with Gasteiger partial charge in [-0.2, -0.15) is 0 Å². The zero-order valence-corrected chi connectivity index (χ0v) is 13.2. The molecule has 118 valence electrons. The lowest BCUT2D eigenvalue weighted by atomic mass is 9.87. The van der Waals surface area contributed by atoms with Gasteiger partial charge in [0.15, 0.2) is 0 Å². The van der Waals surface area contributed by atoms with Gasteiger partial charge in [0.05, 0.1) is 6.10 Å². The van der Waals surface area contributed by atoms with Gasteiger partial charge in [0, 0.05) is 30.3 Å². The first-order valence-corrected chi connectivity index (χ1v) is 8.81. The second-order valence-electron chi connectivity index (χ2n) is 7.36. The van der Waals surface area contributed by atoms with Crippen molar-refractivity contribution in [1.29, 1.82) is 0 Å². The van der Waals surface area contributed by atoms with E-state index in [1.54, 1.807) is 0 Å². The first-order chi connectivity index (χ1) is 10.3. The summed E-state index contributed by atoms with van der Waals surface area (Å²) in [4.78, 5) is 11.3. The molecule has 2 fully saturated rings. The number of rotatable bonds is 4. The fourth-order valence-corrected chi connectivity index (χ4v) is 4.42. The summed E-state index contributed by atoms with van der Waals surface area (Å²) in [6.07, 6.45) is 13.4. The third-order valence-corrected chi connectivity index (χ3v) is 5.69. The smallest absolute Gasteiger partial charge is 0.147 e. The largest absolute Gasteiger partial charge is 0.387 e. The highest BCUT2D eigenvalue weighted by molar-refractivity contribution is 5.75. The molecule has 0 radical (unpaired) electrons. The van der Waals surface area contributed by atoms with Crippen molar-refractivity contribution in [3.8, 4) is 0 Å². The van der Waals surface area contributed by atoms with Crippen LogP contribution in [0.4, 0.5) is 0 Å². The molecule has 0 amide bonds. The van der Waals surface area contributed by atoms with Crippen molar-refractivity contribution < 1.29 is 9.53 Å². The van der Waals surface area contributed by atoms with E-state index in [0.29, 0.717) is 12.0 Å². The van der Waals surface area contributed by atoms with E-state index in [1.807, 2.05) is 6.20 Å². The van der Waals surface area contributed by atoms with Gasteiger partial charge >= 0.3 is 0 Å². The third kappa shape index (κ3) is 3.50. The van der Waals surface area contributed by atoms with E-state index in [-0.39, 0.29) is 12.0 Å². The van der Waals surface area contributed by atoms with E-state index in [9.17, 15) is 4.79 Å². The van der Waals surface area contributed by atoms with Crippen LogP contribution >= 0.6 is 0 Å². The van der Waals surface area contributed by atoms with Crippen LogP contribution in [0.3, 0.4) is 0 Å². The summed E-state index contributed by atoms with van der Waals surface area (Å²) in [6, 6.07) is 0.402. The van der Waals surface area contributed by atoms with Gasteiger partial charge < -0.3 is 10.1 Å². The van der Waals surface area contributed by atoms with Gasteiger partial charge in [-0.15, -0.1) is 0 Å². The Labute approximate surface area is 128 Å². The molecule has 0 aromatic heterocycles. The molecule has 0 bridgehead atoms.